The van der Waals surface area contributed by atoms with E-state index in [1.165, 1.54) is 0 Å². The van der Waals surface area contributed by atoms with E-state index in [0.29, 0.717) is 24.4 Å². The minimum absolute atomic E-state index is 0.0646. The molecule has 136 valence electrons. The third-order valence-electron chi connectivity index (χ3n) is 3.58. The molecule has 0 radical (unpaired) electrons. The zero-order valence-electron chi connectivity index (χ0n) is 14.2. The molecule has 1 rings (SSSR count). The number of carbonyl (C=O) groups excluding carboxylic acids is 1. The van der Waals surface area contributed by atoms with Crippen molar-refractivity contribution < 1.29 is 18.3 Å². The first kappa shape index (κ1) is 21.1. The summed E-state index contributed by atoms with van der Waals surface area (Å²) in [6.07, 6.45) is 1.48. The monoisotopic (exact) mass is 419 g/mol. The Labute approximate surface area is 152 Å². The third-order valence-corrected chi connectivity index (χ3v) is 5.58. The average molecular weight is 420 g/mol. The largest absolute Gasteiger partial charge is 0.396 e. The molecule has 7 heteroatoms. The lowest BCUT2D eigenvalue weighted by Gasteiger charge is -2.18. The Kier molecular flexibility index (Phi) is 8.94. The maximum atomic E-state index is 12.1. The Balaban J connectivity index is 2.51. The summed E-state index contributed by atoms with van der Waals surface area (Å²) in [7, 11) is -3.51. The van der Waals surface area contributed by atoms with Gasteiger partial charge in [0.05, 0.1) is 5.75 Å². The number of amides is 1. The van der Waals surface area contributed by atoms with Crippen LogP contribution in [-0.2, 0) is 20.4 Å². The minimum Gasteiger partial charge on any atom is -0.396 e. The van der Waals surface area contributed by atoms with Crippen molar-refractivity contribution in [3.8, 4) is 0 Å². The van der Waals surface area contributed by atoms with E-state index in [4.69, 9.17) is 5.11 Å². The molecule has 0 fully saturated rings. The van der Waals surface area contributed by atoms with E-state index in [2.05, 4.69) is 35.1 Å². The molecule has 0 bridgehead atoms. The van der Waals surface area contributed by atoms with Gasteiger partial charge in [0.25, 0.3) is 0 Å². The zero-order chi connectivity index (χ0) is 18.2. The number of halogens is 1. The third kappa shape index (κ3) is 8.80. The van der Waals surface area contributed by atoms with Gasteiger partial charge >= 0.3 is 0 Å². The van der Waals surface area contributed by atoms with Crippen LogP contribution in [0.1, 0.15) is 32.3 Å². The Morgan fingerprint density at radius 3 is 2.42 bits per heavy atom. The second-order valence-electron chi connectivity index (χ2n) is 6.47. The van der Waals surface area contributed by atoms with Gasteiger partial charge < -0.3 is 10.4 Å². The van der Waals surface area contributed by atoms with Crippen molar-refractivity contribution in [1.29, 1.82) is 0 Å². The highest BCUT2D eigenvalue weighted by Gasteiger charge is 2.19. The van der Waals surface area contributed by atoms with E-state index < -0.39 is 21.5 Å². The first-order chi connectivity index (χ1) is 11.2. The first-order valence-corrected chi connectivity index (χ1v) is 10.7. The molecule has 0 saturated heterocycles. The quantitative estimate of drug-likeness (QED) is 0.610. The fourth-order valence-electron chi connectivity index (χ4n) is 2.55. The van der Waals surface area contributed by atoms with Crippen molar-refractivity contribution in [3.05, 3.63) is 34.3 Å². The van der Waals surface area contributed by atoms with Crippen LogP contribution in [0.2, 0.25) is 0 Å². The van der Waals surface area contributed by atoms with E-state index >= 15 is 0 Å². The van der Waals surface area contributed by atoms with Gasteiger partial charge in [0.1, 0.15) is 5.75 Å². The van der Waals surface area contributed by atoms with Crippen LogP contribution in [0.25, 0.3) is 0 Å². The summed E-state index contributed by atoms with van der Waals surface area (Å²) in [6.45, 7) is 4.62. The Morgan fingerprint density at radius 2 is 1.88 bits per heavy atom. The number of nitrogens with one attached hydrogen (secondary N) is 1. The van der Waals surface area contributed by atoms with Crippen LogP contribution in [-0.4, -0.2) is 38.3 Å². The number of aliphatic hydroxyl groups excluding tert-OH is 1. The summed E-state index contributed by atoms with van der Waals surface area (Å²) in [5, 5.41) is 11.8. The molecule has 1 atom stereocenters. The van der Waals surface area contributed by atoms with Crippen LogP contribution in [0.15, 0.2) is 28.7 Å². The number of hydrogen-bond donors (Lipinski definition) is 2. The molecule has 1 amide bonds. The molecule has 0 aliphatic heterocycles. The van der Waals surface area contributed by atoms with Crippen molar-refractivity contribution >= 4 is 31.7 Å². The SMILES string of the molecule is CC(C)C[C@@H](CCO)CNC(=O)CS(=O)(=O)Cc1ccc(Br)cc1. The van der Waals surface area contributed by atoms with Crippen molar-refractivity contribution in [2.24, 2.45) is 11.8 Å². The van der Waals surface area contributed by atoms with E-state index in [1.54, 1.807) is 24.3 Å². The lowest BCUT2D eigenvalue weighted by Crippen LogP contribution is -2.35. The Hall–Kier alpha value is -0.920. The predicted octanol–water partition coefficient (Wildman–Crippen LogP) is 2.52. The summed E-state index contributed by atoms with van der Waals surface area (Å²) in [5.41, 5.74) is 0.656. The highest BCUT2D eigenvalue weighted by atomic mass is 79.9. The molecule has 2 N–H and O–H groups in total. The molecular weight excluding hydrogens is 394 g/mol. The number of aliphatic hydroxyl groups is 1. The van der Waals surface area contributed by atoms with Gasteiger partial charge in [-0.1, -0.05) is 41.9 Å². The highest BCUT2D eigenvalue weighted by molar-refractivity contribution is 9.10. The summed E-state index contributed by atoms with van der Waals surface area (Å²) >= 11 is 3.30. The molecule has 24 heavy (non-hydrogen) atoms. The normalized spacial score (nSPS) is 13.0. The fourth-order valence-corrected chi connectivity index (χ4v) is 4.12. The predicted molar refractivity (Wildman–Crippen MR) is 99.3 cm³/mol. The first-order valence-electron chi connectivity index (χ1n) is 8.04. The number of benzene rings is 1. The molecule has 0 unspecified atom stereocenters. The molecule has 0 heterocycles. The molecule has 0 aliphatic carbocycles. The lowest BCUT2D eigenvalue weighted by atomic mass is 9.94. The second-order valence-corrected chi connectivity index (χ2v) is 9.45. The van der Waals surface area contributed by atoms with Crippen LogP contribution in [0, 0.1) is 11.8 Å². The number of sulfone groups is 1. The smallest absolute Gasteiger partial charge is 0.235 e. The van der Waals surface area contributed by atoms with E-state index in [9.17, 15) is 13.2 Å². The molecular formula is C17H26BrNO4S. The van der Waals surface area contributed by atoms with E-state index in [1.807, 2.05) is 0 Å². The molecule has 0 aliphatic rings. The molecule has 0 aromatic heterocycles. The molecule has 0 spiro atoms. The summed E-state index contributed by atoms with van der Waals surface area (Å²) in [4.78, 5) is 11.9. The van der Waals surface area contributed by atoms with Crippen LogP contribution in [0.5, 0.6) is 0 Å². The number of hydrogen-bond acceptors (Lipinski definition) is 4. The van der Waals surface area contributed by atoms with E-state index in [-0.39, 0.29) is 18.3 Å². The standard InChI is InChI=1S/C17H26BrNO4S/c1-13(2)9-15(7-8-20)10-19-17(21)12-24(22,23)11-14-3-5-16(18)6-4-14/h3-6,13,15,20H,7-12H2,1-2H3,(H,19,21)/t15-/m1/s1. The number of rotatable bonds is 10. The van der Waals surface area contributed by atoms with E-state index in [0.717, 1.165) is 10.9 Å². The molecule has 0 saturated carbocycles. The van der Waals surface area contributed by atoms with Gasteiger partial charge in [0.2, 0.25) is 5.91 Å². The topological polar surface area (TPSA) is 83.5 Å². The summed E-state index contributed by atoms with van der Waals surface area (Å²) in [5.74, 6) is -0.539. The molecule has 1 aromatic rings. The van der Waals surface area contributed by atoms with Crippen LogP contribution >= 0.6 is 15.9 Å². The summed E-state index contributed by atoms with van der Waals surface area (Å²) < 4.78 is 25.1. The number of carbonyl (C=O) groups is 1. The van der Waals surface area contributed by atoms with Gasteiger partial charge in [-0.05, 0) is 42.4 Å². The summed E-state index contributed by atoms with van der Waals surface area (Å²) in [6, 6.07) is 6.99. The lowest BCUT2D eigenvalue weighted by molar-refractivity contribution is -0.118. The maximum absolute atomic E-state index is 12.1. The van der Waals surface area contributed by atoms with Crippen LogP contribution in [0.4, 0.5) is 0 Å². The van der Waals surface area contributed by atoms with Crippen molar-refractivity contribution in [2.45, 2.75) is 32.4 Å². The Morgan fingerprint density at radius 1 is 1.25 bits per heavy atom. The van der Waals surface area contributed by atoms with Gasteiger partial charge in [-0.3, -0.25) is 4.79 Å². The van der Waals surface area contributed by atoms with Crippen molar-refractivity contribution in [3.63, 3.8) is 0 Å². The van der Waals surface area contributed by atoms with Crippen LogP contribution in [0.3, 0.4) is 0 Å². The van der Waals surface area contributed by atoms with Gasteiger partial charge in [-0.25, -0.2) is 8.42 Å². The van der Waals surface area contributed by atoms with Gasteiger partial charge in [-0.15, -0.1) is 0 Å². The van der Waals surface area contributed by atoms with Crippen LogP contribution < -0.4 is 5.32 Å². The van der Waals surface area contributed by atoms with Gasteiger partial charge in [-0.2, -0.15) is 0 Å². The molecule has 5 nitrogen and oxygen atoms in total. The highest BCUT2D eigenvalue weighted by Crippen LogP contribution is 2.15. The van der Waals surface area contributed by atoms with Crippen molar-refractivity contribution in [2.75, 3.05) is 18.9 Å². The Bertz CT molecular complexity index is 614. The molecule has 1 aromatic carbocycles. The fraction of sp³-hybridized carbons (Fsp3) is 0.588. The van der Waals surface area contributed by atoms with Crippen molar-refractivity contribution in [1.82, 2.24) is 5.32 Å². The second kappa shape index (κ2) is 10.2. The average Bonchev–Trinajstić information content (AvgIpc) is 2.46. The maximum Gasteiger partial charge on any atom is 0.235 e. The van der Waals surface area contributed by atoms with Gasteiger partial charge in [0, 0.05) is 17.6 Å². The minimum atomic E-state index is -3.51. The van der Waals surface area contributed by atoms with Gasteiger partial charge in [0.15, 0.2) is 9.84 Å². The zero-order valence-corrected chi connectivity index (χ0v) is 16.6.